The van der Waals surface area contributed by atoms with Crippen LogP contribution in [0, 0.1) is 0 Å². The Morgan fingerprint density at radius 1 is 1.37 bits per heavy atom. The number of carbonyl (C=O) groups is 1. The molecule has 19 heavy (non-hydrogen) atoms. The number of hydrogen-bond donors (Lipinski definition) is 0. The first kappa shape index (κ1) is 13.3. The van der Waals surface area contributed by atoms with Crippen LogP contribution in [0.1, 0.15) is 30.1 Å². The molecule has 0 atom stereocenters. The number of aldehydes is 1. The van der Waals surface area contributed by atoms with Gasteiger partial charge in [0.15, 0.2) is 6.29 Å². The molecule has 0 aliphatic rings. The van der Waals surface area contributed by atoms with Crippen molar-refractivity contribution in [3.8, 4) is 17.0 Å². The molecule has 0 bridgehead atoms. The molecule has 0 N–H and O–H groups in total. The fourth-order valence-electron chi connectivity index (χ4n) is 2.01. The van der Waals surface area contributed by atoms with Gasteiger partial charge in [-0.05, 0) is 18.6 Å². The average Bonchev–Trinajstić information content (AvgIpc) is 2.88. The first-order chi connectivity index (χ1) is 9.30. The summed E-state index contributed by atoms with van der Waals surface area (Å²) in [5, 5.41) is 4.50. The van der Waals surface area contributed by atoms with E-state index >= 15 is 0 Å². The lowest BCUT2D eigenvalue weighted by Gasteiger charge is -2.06. The fraction of sp³-hybridized carbons (Fsp3) is 0.333. The van der Waals surface area contributed by atoms with Crippen LogP contribution >= 0.6 is 0 Å². The minimum Gasteiger partial charge on any atom is -0.496 e. The summed E-state index contributed by atoms with van der Waals surface area (Å²) in [5.41, 5.74) is 2.13. The van der Waals surface area contributed by atoms with E-state index in [4.69, 9.17) is 4.74 Å². The zero-order chi connectivity index (χ0) is 13.7. The van der Waals surface area contributed by atoms with Crippen molar-refractivity contribution in [2.75, 3.05) is 7.11 Å². The van der Waals surface area contributed by atoms with Crippen molar-refractivity contribution in [2.45, 2.75) is 26.3 Å². The van der Waals surface area contributed by atoms with E-state index in [1.54, 1.807) is 13.3 Å². The topological polar surface area (TPSA) is 44.1 Å². The number of rotatable bonds is 6. The second-order valence-corrected chi connectivity index (χ2v) is 4.37. The summed E-state index contributed by atoms with van der Waals surface area (Å²) >= 11 is 0. The van der Waals surface area contributed by atoms with Crippen LogP contribution in [-0.2, 0) is 6.54 Å². The van der Waals surface area contributed by atoms with Crippen LogP contribution in [0.5, 0.6) is 5.75 Å². The molecule has 0 saturated heterocycles. The van der Waals surface area contributed by atoms with Gasteiger partial charge in [-0.1, -0.05) is 25.5 Å². The Bertz CT molecular complexity index is 561. The monoisotopic (exact) mass is 258 g/mol. The average molecular weight is 258 g/mol. The van der Waals surface area contributed by atoms with Crippen molar-refractivity contribution >= 4 is 6.29 Å². The predicted octanol–water partition coefficient (Wildman–Crippen LogP) is 3.17. The molecule has 0 unspecified atom stereocenters. The van der Waals surface area contributed by atoms with E-state index in [1.807, 2.05) is 28.9 Å². The molecule has 0 aliphatic heterocycles. The van der Waals surface area contributed by atoms with Gasteiger partial charge in [0.05, 0.1) is 12.7 Å². The lowest BCUT2D eigenvalue weighted by molar-refractivity contribution is 0.112. The highest BCUT2D eigenvalue weighted by atomic mass is 16.5. The molecule has 4 nitrogen and oxygen atoms in total. The zero-order valence-electron chi connectivity index (χ0n) is 11.3. The third-order valence-electron chi connectivity index (χ3n) is 3.02. The Labute approximate surface area is 113 Å². The van der Waals surface area contributed by atoms with Gasteiger partial charge in [0, 0.05) is 18.3 Å². The predicted molar refractivity (Wildman–Crippen MR) is 74.5 cm³/mol. The third kappa shape index (κ3) is 2.84. The number of aromatic nitrogens is 2. The highest BCUT2D eigenvalue weighted by molar-refractivity contribution is 5.87. The molecule has 0 aliphatic carbocycles. The molecule has 4 heteroatoms. The molecular formula is C15H18N2O2. The third-order valence-corrected chi connectivity index (χ3v) is 3.02. The van der Waals surface area contributed by atoms with Crippen LogP contribution in [0.4, 0.5) is 0 Å². The SMILES string of the molecule is CCCCn1cc(C=O)c(-c2ccccc2OC)n1. The van der Waals surface area contributed by atoms with Crippen molar-refractivity contribution in [3.05, 3.63) is 36.0 Å². The number of methoxy groups -OCH3 is 1. The van der Waals surface area contributed by atoms with E-state index in [0.29, 0.717) is 11.3 Å². The lowest BCUT2D eigenvalue weighted by Crippen LogP contribution is -1.98. The number of carbonyl (C=O) groups excluding carboxylic acids is 1. The molecule has 0 radical (unpaired) electrons. The molecule has 0 fully saturated rings. The van der Waals surface area contributed by atoms with Crippen molar-refractivity contribution in [2.24, 2.45) is 0 Å². The summed E-state index contributed by atoms with van der Waals surface area (Å²) < 4.78 is 7.15. The number of unbranched alkanes of at least 4 members (excludes halogenated alkanes) is 1. The summed E-state index contributed by atoms with van der Waals surface area (Å²) in [5.74, 6) is 0.728. The number of benzene rings is 1. The molecule has 1 aromatic heterocycles. The normalized spacial score (nSPS) is 10.4. The zero-order valence-corrected chi connectivity index (χ0v) is 11.3. The molecule has 0 spiro atoms. The van der Waals surface area contributed by atoms with E-state index < -0.39 is 0 Å². The van der Waals surface area contributed by atoms with Gasteiger partial charge in [-0.15, -0.1) is 0 Å². The second-order valence-electron chi connectivity index (χ2n) is 4.37. The molecule has 1 aromatic carbocycles. The van der Waals surface area contributed by atoms with E-state index in [-0.39, 0.29) is 0 Å². The first-order valence-corrected chi connectivity index (χ1v) is 6.46. The molecule has 0 saturated carbocycles. The lowest BCUT2D eigenvalue weighted by atomic mass is 10.1. The Hall–Kier alpha value is -2.10. The number of ether oxygens (including phenoxy) is 1. The Balaban J connectivity index is 2.42. The van der Waals surface area contributed by atoms with Crippen molar-refractivity contribution in [1.82, 2.24) is 9.78 Å². The van der Waals surface area contributed by atoms with Gasteiger partial charge < -0.3 is 4.74 Å². The van der Waals surface area contributed by atoms with E-state index in [9.17, 15) is 4.79 Å². The number of hydrogen-bond acceptors (Lipinski definition) is 3. The fourth-order valence-corrected chi connectivity index (χ4v) is 2.01. The quantitative estimate of drug-likeness (QED) is 0.747. The molecule has 1 heterocycles. The highest BCUT2D eigenvalue weighted by Crippen LogP contribution is 2.30. The minimum atomic E-state index is 0.598. The number of para-hydroxylation sites is 1. The molecule has 2 rings (SSSR count). The smallest absolute Gasteiger partial charge is 0.153 e. The Morgan fingerprint density at radius 3 is 2.84 bits per heavy atom. The summed E-state index contributed by atoms with van der Waals surface area (Å²) in [4.78, 5) is 11.2. The Morgan fingerprint density at radius 2 is 2.16 bits per heavy atom. The van der Waals surface area contributed by atoms with Crippen LogP contribution in [0.15, 0.2) is 30.5 Å². The number of nitrogens with zero attached hydrogens (tertiary/aromatic N) is 2. The van der Waals surface area contributed by atoms with Gasteiger partial charge in [-0.3, -0.25) is 9.48 Å². The maximum atomic E-state index is 11.2. The van der Waals surface area contributed by atoms with Gasteiger partial charge in [0.2, 0.25) is 0 Å². The van der Waals surface area contributed by atoms with E-state index in [0.717, 1.165) is 37.0 Å². The molecule has 100 valence electrons. The maximum absolute atomic E-state index is 11.2. The molecular weight excluding hydrogens is 240 g/mol. The van der Waals surface area contributed by atoms with Crippen LogP contribution in [0.2, 0.25) is 0 Å². The van der Waals surface area contributed by atoms with Crippen molar-refractivity contribution < 1.29 is 9.53 Å². The second kappa shape index (κ2) is 6.18. The minimum absolute atomic E-state index is 0.598. The summed E-state index contributed by atoms with van der Waals surface area (Å²) in [7, 11) is 1.62. The van der Waals surface area contributed by atoms with E-state index in [1.165, 1.54) is 0 Å². The van der Waals surface area contributed by atoms with Crippen LogP contribution in [0.25, 0.3) is 11.3 Å². The molecule has 0 amide bonds. The highest BCUT2D eigenvalue weighted by Gasteiger charge is 2.14. The first-order valence-electron chi connectivity index (χ1n) is 6.46. The van der Waals surface area contributed by atoms with Gasteiger partial charge in [0.25, 0.3) is 0 Å². The maximum Gasteiger partial charge on any atom is 0.153 e. The van der Waals surface area contributed by atoms with Gasteiger partial charge in [-0.25, -0.2) is 0 Å². The van der Waals surface area contributed by atoms with Crippen molar-refractivity contribution in [3.63, 3.8) is 0 Å². The summed E-state index contributed by atoms with van der Waals surface area (Å²) in [6.07, 6.45) is 4.78. The van der Waals surface area contributed by atoms with Gasteiger partial charge >= 0.3 is 0 Å². The largest absolute Gasteiger partial charge is 0.496 e. The van der Waals surface area contributed by atoms with Gasteiger partial charge in [0.1, 0.15) is 11.4 Å². The number of aryl methyl sites for hydroxylation is 1. The Kier molecular flexibility index (Phi) is 4.34. The summed E-state index contributed by atoms with van der Waals surface area (Å²) in [6.45, 7) is 2.96. The molecule has 2 aromatic rings. The van der Waals surface area contributed by atoms with Crippen LogP contribution in [0.3, 0.4) is 0 Å². The van der Waals surface area contributed by atoms with Crippen LogP contribution in [-0.4, -0.2) is 23.2 Å². The van der Waals surface area contributed by atoms with Gasteiger partial charge in [-0.2, -0.15) is 5.10 Å². The summed E-state index contributed by atoms with van der Waals surface area (Å²) in [6, 6.07) is 7.60. The van der Waals surface area contributed by atoms with E-state index in [2.05, 4.69) is 12.0 Å². The standard InChI is InChI=1S/C15H18N2O2/c1-3-4-9-17-10-12(11-18)15(16-17)13-7-5-6-8-14(13)19-2/h5-8,10-11H,3-4,9H2,1-2H3. The van der Waals surface area contributed by atoms with Crippen molar-refractivity contribution in [1.29, 1.82) is 0 Å². The van der Waals surface area contributed by atoms with Crippen LogP contribution < -0.4 is 4.74 Å².